The van der Waals surface area contributed by atoms with Crippen molar-refractivity contribution in [1.82, 2.24) is 9.55 Å². The van der Waals surface area contributed by atoms with E-state index in [1.807, 2.05) is 47.9 Å². The van der Waals surface area contributed by atoms with Crippen LogP contribution in [-0.2, 0) is 37.7 Å². The molecule has 1 aromatic heterocycles. The average Bonchev–Trinajstić information content (AvgIpc) is 3.53. The highest BCUT2D eigenvalue weighted by Crippen LogP contribution is 2.34. The van der Waals surface area contributed by atoms with Crippen molar-refractivity contribution >= 4 is 34.5 Å². The minimum atomic E-state index is -1.23. The fourth-order valence-corrected chi connectivity index (χ4v) is 8.16. The maximum Gasteiger partial charge on any atom is 0.251 e. The number of carbonyl (C=O) groups is 1. The lowest BCUT2D eigenvalue weighted by molar-refractivity contribution is -0.112. The van der Waals surface area contributed by atoms with E-state index in [2.05, 4.69) is 65.5 Å². The Bertz CT molecular complexity index is 1800. The number of imidazole rings is 1. The summed E-state index contributed by atoms with van der Waals surface area (Å²) in [5.74, 6) is 1.09. The van der Waals surface area contributed by atoms with E-state index in [-0.39, 0.29) is 12.0 Å². The van der Waals surface area contributed by atoms with E-state index in [9.17, 15) is 9.35 Å². The number of carbonyl (C=O) groups excluding carboxylic acids is 1. The van der Waals surface area contributed by atoms with Gasteiger partial charge in [0.1, 0.15) is 12.4 Å². The first-order valence-electron chi connectivity index (χ1n) is 19.2. The number of aryl methyl sites for hydroxylation is 2. The molecule has 3 aromatic carbocycles. The van der Waals surface area contributed by atoms with Gasteiger partial charge in [0.25, 0.3) is 5.91 Å². The van der Waals surface area contributed by atoms with E-state index in [1.165, 1.54) is 6.42 Å². The fraction of sp³-hybridized carbons (Fsp3) is 0.442. The third kappa shape index (κ3) is 10.5. The molecule has 282 valence electrons. The van der Waals surface area contributed by atoms with Gasteiger partial charge in [-0.3, -0.25) is 4.79 Å². The predicted molar refractivity (Wildman–Crippen MR) is 214 cm³/mol. The molecule has 1 fully saturated rings. The summed E-state index contributed by atoms with van der Waals surface area (Å²) in [6, 6.07) is 22.1. The first-order chi connectivity index (χ1) is 25.9. The third-order valence-electron chi connectivity index (χ3n) is 10.0. The number of ether oxygens (including phenoxy) is 3. The summed E-state index contributed by atoms with van der Waals surface area (Å²) in [4.78, 5) is 21.4. The fourth-order valence-electron chi connectivity index (χ4n) is 6.93. The normalized spacial score (nSPS) is 17.6. The summed E-state index contributed by atoms with van der Waals surface area (Å²) in [7, 11) is 0. The number of amides is 1. The van der Waals surface area contributed by atoms with Gasteiger partial charge >= 0.3 is 0 Å². The summed E-state index contributed by atoms with van der Waals surface area (Å²) < 4.78 is 33.0. The van der Waals surface area contributed by atoms with Crippen molar-refractivity contribution in [2.24, 2.45) is 0 Å². The number of benzene rings is 3. The third-order valence-corrected chi connectivity index (χ3v) is 11.4. The molecule has 0 aliphatic carbocycles. The van der Waals surface area contributed by atoms with Crippen LogP contribution < -0.4 is 15.0 Å². The molecule has 0 radical (unpaired) electrons. The summed E-state index contributed by atoms with van der Waals surface area (Å²) in [6.45, 7) is 11.3. The predicted octanol–water partition coefficient (Wildman–Crippen LogP) is 8.57. The van der Waals surface area contributed by atoms with Gasteiger partial charge in [-0.05, 0) is 135 Å². The Labute approximate surface area is 317 Å². The van der Waals surface area contributed by atoms with Gasteiger partial charge in [-0.1, -0.05) is 31.5 Å². The Hall–Kier alpha value is -4.09. The van der Waals surface area contributed by atoms with E-state index in [4.69, 9.17) is 14.2 Å². The molecule has 1 saturated heterocycles. The molecular weight excluding hydrogens is 685 g/mol. The molecule has 9 nitrogen and oxygen atoms in total. The maximum atomic E-state index is 13.8. The Morgan fingerprint density at radius 1 is 1.00 bits per heavy atom. The van der Waals surface area contributed by atoms with E-state index in [1.54, 1.807) is 6.33 Å². The molecular formula is C43H54N4O5S. The van der Waals surface area contributed by atoms with Gasteiger partial charge in [0.2, 0.25) is 0 Å². The highest BCUT2D eigenvalue weighted by Gasteiger charge is 2.23. The number of aromatic nitrogens is 2. The minimum Gasteiger partial charge on any atom is -0.611 e. The van der Waals surface area contributed by atoms with Crippen LogP contribution in [0.3, 0.4) is 0 Å². The van der Waals surface area contributed by atoms with Crippen LogP contribution >= 0.6 is 0 Å². The van der Waals surface area contributed by atoms with Gasteiger partial charge in [0.15, 0.2) is 10.6 Å². The molecule has 2 aliphatic rings. The number of hydrogen-bond acceptors (Lipinski definition) is 7. The van der Waals surface area contributed by atoms with E-state index in [0.717, 1.165) is 115 Å². The maximum absolute atomic E-state index is 13.8. The number of nitrogens with zero attached hydrogens (tertiary/aromatic N) is 3. The van der Waals surface area contributed by atoms with Gasteiger partial charge in [0, 0.05) is 49.8 Å². The monoisotopic (exact) mass is 738 g/mol. The van der Waals surface area contributed by atoms with Crippen molar-refractivity contribution < 1.29 is 23.6 Å². The molecule has 1 unspecified atom stereocenters. The quantitative estimate of drug-likeness (QED) is 0.0908. The smallest absolute Gasteiger partial charge is 0.251 e. The van der Waals surface area contributed by atoms with Crippen molar-refractivity contribution in [3.63, 3.8) is 0 Å². The van der Waals surface area contributed by atoms with Crippen molar-refractivity contribution in [2.45, 2.75) is 89.0 Å². The zero-order valence-electron chi connectivity index (χ0n) is 31.5. The zero-order chi connectivity index (χ0) is 37.0. The van der Waals surface area contributed by atoms with Gasteiger partial charge in [-0.2, -0.15) is 0 Å². The van der Waals surface area contributed by atoms with E-state index in [0.29, 0.717) is 31.1 Å². The van der Waals surface area contributed by atoms with Gasteiger partial charge < -0.3 is 33.5 Å². The largest absolute Gasteiger partial charge is 0.611 e. The van der Waals surface area contributed by atoms with Crippen LogP contribution in [0.1, 0.15) is 75.7 Å². The summed E-state index contributed by atoms with van der Waals surface area (Å²) >= 11 is -1.23. The standard InChI is InChI=1S/C43H54N4O5S/c1-4-6-23-50-25-26-52-38-17-12-33(13-18-38)34-14-21-41-36(27-34)28-35(10-9-22-47(41)29-39-11-7-8-24-51-39)43(48)45-37-15-19-40(20-16-37)53(49)30-42-32(3)44-31-46(42)5-2/h12-21,27-28,31,39H,4-11,22-26,29-30H2,1-3H3,(H,45,48)/b35-28+/t39-,53?/m0/s1. The molecule has 6 rings (SSSR count). The van der Waals surface area contributed by atoms with E-state index < -0.39 is 11.2 Å². The van der Waals surface area contributed by atoms with Gasteiger partial charge in [0.05, 0.1) is 30.4 Å². The summed E-state index contributed by atoms with van der Waals surface area (Å²) in [6.07, 6.45) is 11.1. The SMILES string of the molecule is CCCCOCCOc1ccc(-c2ccc3c(c2)/C=C(/C(=O)Nc2ccc([S+]([O-])Cc4c(C)ncn4CC)cc2)CCCN3C[C@@H]2CCCCO2)cc1. The molecule has 2 atom stereocenters. The lowest BCUT2D eigenvalue weighted by Gasteiger charge is -2.33. The Balaban J connectivity index is 1.18. The highest BCUT2D eigenvalue weighted by molar-refractivity contribution is 7.90. The number of hydrogen-bond donors (Lipinski definition) is 1. The van der Waals surface area contributed by atoms with Crippen LogP contribution in [0.5, 0.6) is 5.75 Å². The lowest BCUT2D eigenvalue weighted by atomic mass is 9.96. The van der Waals surface area contributed by atoms with Crippen LogP contribution in [-0.4, -0.2) is 65.6 Å². The average molecular weight is 739 g/mol. The first-order valence-corrected chi connectivity index (χ1v) is 20.6. The number of rotatable bonds is 16. The van der Waals surface area contributed by atoms with Crippen LogP contribution in [0.15, 0.2) is 83.5 Å². The minimum absolute atomic E-state index is 0.123. The van der Waals surface area contributed by atoms with Crippen LogP contribution in [0.2, 0.25) is 0 Å². The van der Waals surface area contributed by atoms with Crippen molar-refractivity contribution in [3.8, 4) is 16.9 Å². The topological polar surface area (TPSA) is 101 Å². The molecule has 0 spiro atoms. The molecule has 3 heterocycles. The summed E-state index contributed by atoms with van der Waals surface area (Å²) in [5, 5.41) is 3.11. The number of nitrogens with one attached hydrogen (secondary N) is 1. The lowest BCUT2D eigenvalue weighted by Crippen LogP contribution is -2.37. The molecule has 2 aliphatic heterocycles. The molecule has 0 bridgehead atoms. The van der Waals surface area contributed by atoms with Gasteiger partial charge in [-0.15, -0.1) is 0 Å². The molecule has 1 amide bonds. The van der Waals surface area contributed by atoms with Crippen LogP contribution in [0.25, 0.3) is 17.2 Å². The van der Waals surface area contributed by atoms with Crippen molar-refractivity contribution in [2.75, 3.05) is 49.7 Å². The van der Waals surface area contributed by atoms with Crippen LogP contribution in [0, 0.1) is 6.92 Å². The molecule has 1 N–H and O–H groups in total. The van der Waals surface area contributed by atoms with Crippen molar-refractivity contribution in [3.05, 3.63) is 95.6 Å². The zero-order valence-corrected chi connectivity index (χ0v) is 32.3. The highest BCUT2D eigenvalue weighted by atomic mass is 32.2. The molecule has 0 saturated carbocycles. The van der Waals surface area contributed by atoms with Gasteiger partial charge in [-0.25, -0.2) is 4.98 Å². The second-order valence-electron chi connectivity index (χ2n) is 13.9. The number of anilines is 2. The second kappa shape index (κ2) is 19.3. The molecule has 4 aromatic rings. The van der Waals surface area contributed by atoms with Crippen molar-refractivity contribution in [1.29, 1.82) is 0 Å². The number of unbranched alkanes of at least 4 members (excludes halogenated alkanes) is 1. The Morgan fingerprint density at radius 2 is 1.81 bits per heavy atom. The Morgan fingerprint density at radius 3 is 2.57 bits per heavy atom. The van der Waals surface area contributed by atoms with E-state index >= 15 is 0 Å². The number of fused-ring (bicyclic) bond motifs is 1. The molecule has 10 heteroatoms. The first kappa shape index (κ1) is 38.6. The second-order valence-corrected chi connectivity index (χ2v) is 15.3. The Kier molecular flexibility index (Phi) is 14.1. The summed E-state index contributed by atoms with van der Waals surface area (Å²) in [5.41, 5.74) is 7.57. The van der Waals surface area contributed by atoms with Crippen LogP contribution in [0.4, 0.5) is 11.4 Å². The molecule has 53 heavy (non-hydrogen) atoms.